The Morgan fingerprint density at radius 1 is 0.593 bits per heavy atom. The summed E-state index contributed by atoms with van der Waals surface area (Å²) in [6, 6.07) is 5.09. The first-order valence-electron chi connectivity index (χ1n) is 21.9. The van der Waals surface area contributed by atoms with E-state index in [4.69, 9.17) is 30.5 Å². The van der Waals surface area contributed by atoms with Crippen LogP contribution in [-0.4, -0.2) is 43.8 Å². The molecule has 0 N–H and O–H groups in total. The molecular weight excluding hydrogens is 700 g/mol. The number of hydrogen-bond donors (Lipinski definition) is 0. The average molecular weight is 778 g/mol. The van der Waals surface area contributed by atoms with Gasteiger partial charge >= 0.3 is 17.9 Å². The molecule has 0 saturated carbocycles. The summed E-state index contributed by atoms with van der Waals surface area (Å²) >= 11 is 6.32. The van der Waals surface area contributed by atoms with Gasteiger partial charge in [0, 0.05) is 12.8 Å². The fourth-order valence-electron chi connectivity index (χ4n) is 6.52. The molecule has 54 heavy (non-hydrogen) atoms. The molecule has 0 aliphatic carbocycles. The van der Waals surface area contributed by atoms with Crippen LogP contribution in [0.4, 0.5) is 0 Å². The average Bonchev–Trinajstić information content (AvgIpc) is 3.16. The number of esters is 3. The molecule has 0 aliphatic heterocycles. The molecule has 0 fully saturated rings. The minimum atomic E-state index is -0.894. The van der Waals surface area contributed by atoms with E-state index in [1.165, 1.54) is 128 Å². The maximum absolute atomic E-state index is 12.9. The zero-order chi connectivity index (χ0) is 39.3. The van der Waals surface area contributed by atoms with Crippen LogP contribution in [0.5, 0.6) is 5.75 Å². The van der Waals surface area contributed by atoms with E-state index < -0.39 is 12.1 Å². The summed E-state index contributed by atoms with van der Waals surface area (Å²) in [7, 11) is 0. The Labute approximate surface area is 335 Å². The summed E-state index contributed by atoms with van der Waals surface area (Å²) in [5, 5.41) is 0.378. The molecule has 0 atom stereocenters. The first-order valence-corrected chi connectivity index (χ1v) is 22.3. The van der Waals surface area contributed by atoms with E-state index >= 15 is 0 Å². The second-order valence-electron chi connectivity index (χ2n) is 15.0. The van der Waals surface area contributed by atoms with E-state index in [1.807, 2.05) is 0 Å². The third-order valence-electron chi connectivity index (χ3n) is 9.83. The van der Waals surface area contributed by atoms with Crippen LogP contribution in [0.3, 0.4) is 0 Å². The first kappa shape index (κ1) is 49.5. The van der Waals surface area contributed by atoms with Crippen molar-refractivity contribution >= 4 is 29.5 Å². The molecule has 0 amide bonds. The number of benzene rings is 1. The Morgan fingerprint density at radius 2 is 0.981 bits per heavy atom. The number of unbranched alkanes of at least 4 members (excludes halogenated alkanes) is 24. The van der Waals surface area contributed by atoms with Gasteiger partial charge in [0.2, 0.25) is 0 Å². The van der Waals surface area contributed by atoms with Gasteiger partial charge in [-0.05, 0) is 30.5 Å². The Hall–Kier alpha value is -2.54. The normalized spacial score (nSPS) is 11.1. The number of carbonyl (C=O) groups excluding carboxylic acids is 3. The molecule has 1 aromatic rings. The molecule has 0 aliphatic rings. The van der Waals surface area contributed by atoms with Crippen molar-refractivity contribution in [2.75, 3.05) is 19.8 Å². The van der Waals surface area contributed by atoms with E-state index in [-0.39, 0.29) is 31.6 Å². The number of halogens is 1. The zero-order valence-corrected chi connectivity index (χ0v) is 35.2. The molecule has 0 bridgehead atoms. The number of ether oxygens (including phenoxy) is 4. The molecule has 0 aromatic heterocycles. The lowest BCUT2D eigenvalue weighted by Gasteiger charge is -2.18. The summed E-state index contributed by atoms with van der Waals surface area (Å²) in [4.78, 5) is 38.0. The van der Waals surface area contributed by atoms with E-state index in [0.717, 1.165) is 38.5 Å². The van der Waals surface area contributed by atoms with Crippen molar-refractivity contribution in [2.45, 2.75) is 206 Å². The van der Waals surface area contributed by atoms with Gasteiger partial charge < -0.3 is 18.9 Å². The van der Waals surface area contributed by atoms with Crippen LogP contribution in [0.15, 0.2) is 30.9 Å². The Bertz CT molecular complexity index is 1040. The van der Waals surface area contributed by atoms with Gasteiger partial charge in [-0.2, -0.15) is 0 Å². The highest BCUT2D eigenvalue weighted by atomic mass is 35.5. The highest BCUT2D eigenvalue weighted by Crippen LogP contribution is 2.26. The van der Waals surface area contributed by atoms with Gasteiger partial charge in [-0.25, -0.2) is 0 Å². The largest absolute Gasteiger partial charge is 0.488 e. The maximum Gasteiger partial charge on any atom is 0.310 e. The van der Waals surface area contributed by atoms with Crippen LogP contribution in [0.1, 0.15) is 199 Å². The third kappa shape index (κ3) is 29.8. The number of rotatable bonds is 38. The van der Waals surface area contributed by atoms with Crippen LogP contribution >= 0.6 is 11.6 Å². The van der Waals surface area contributed by atoms with Crippen molar-refractivity contribution in [2.24, 2.45) is 0 Å². The molecule has 1 aromatic carbocycles. The Morgan fingerprint density at radius 3 is 1.35 bits per heavy atom. The molecular formula is C46H77ClO7. The summed E-state index contributed by atoms with van der Waals surface area (Å²) in [5.74, 6) is -0.702. The van der Waals surface area contributed by atoms with Gasteiger partial charge in [0.05, 0.1) is 11.4 Å². The lowest BCUT2D eigenvalue weighted by molar-refractivity contribution is -0.166. The van der Waals surface area contributed by atoms with Gasteiger partial charge in [0.15, 0.2) is 6.10 Å². The quantitative estimate of drug-likeness (QED) is 0.0286. The SMILES string of the molecule is C=CCOc1ccc(CC(=O)OC(COC(=O)CCCCCCCCCCCCCCC)COC(=O)CCCCCCCCCCCCCCC)cc1Cl. The van der Waals surface area contributed by atoms with Crippen LogP contribution in [0.2, 0.25) is 5.02 Å². The van der Waals surface area contributed by atoms with E-state index in [2.05, 4.69) is 20.4 Å². The second kappa shape index (κ2) is 36.1. The molecule has 8 heteroatoms. The van der Waals surface area contributed by atoms with Gasteiger partial charge in [-0.1, -0.05) is 198 Å². The summed E-state index contributed by atoms with van der Waals surface area (Å²) < 4.78 is 22.2. The van der Waals surface area contributed by atoms with Crippen LogP contribution in [-0.2, 0) is 35.0 Å². The predicted octanol–water partition coefficient (Wildman–Crippen LogP) is 13.4. The highest BCUT2D eigenvalue weighted by molar-refractivity contribution is 6.32. The molecule has 7 nitrogen and oxygen atoms in total. The molecule has 0 unspecified atom stereocenters. The standard InChI is InChI=1S/C46H77ClO7/c1-4-7-9-11-13-15-17-19-21-23-25-27-29-31-44(48)52-38-41(54-46(50)37-40-33-34-43(42(47)36-40)51-35-6-3)39-53-45(49)32-30-28-26-24-22-20-18-16-14-12-10-8-5-2/h6,33-34,36,41H,3-5,7-32,35,37-39H2,1-2H3. The molecule has 0 heterocycles. The van der Waals surface area contributed by atoms with Gasteiger partial charge in [0.25, 0.3) is 0 Å². The Kier molecular flexibility index (Phi) is 33.1. The fourth-order valence-corrected chi connectivity index (χ4v) is 6.78. The lowest BCUT2D eigenvalue weighted by Crippen LogP contribution is -2.31. The van der Waals surface area contributed by atoms with Crippen LogP contribution in [0.25, 0.3) is 0 Å². The molecule has 310 valence electrons. The van der Waals surface area contributed by atoms with E-state index in [9.17, 15) is 14.4 Å². The molecule has 0 radical (unpaired) electrons. The topological polar surface area (TPSA) is 88.1 Å². The van der Waals surface area contributed by atoms with Gasteiger partial charge in [0.1, 0.15) is 25.6 Å². The lowest BCUT2D eigenvalue weighted by atomic mass is 10.0. The molecule has 0 spiro atoms. The predicted molar refractivity (Wildman–Crippen MR) is 223 cm³/mol. The highest BCUT2D eigenvalue weighted by Gasteiger charge is 2.20. The smallest absolute Gasteiger partial charge is 0.310 e. The minimum absolute atomic E-state index is 0.0439. The third-order valence-corrected chi connectivity index (χ3v) is 10.1. The maximum atomic E-state index is 12.9. The van der Waals surface area contributed by atoms with Crippen LogP contribution < -0.4 is 4.74 Å². The second-order valence-corrected chi connectivity index (χ2v) is 15.4. The summed E-state index contributed by atoms with van der Waals surface area (Å²) in [6.07, 6.45) is 33.4. The Balaban J connectivity index is 2.40. The van der Waals surface area contributed by atoms with Crippen molar-refractivity contribution in [3.63, 3.8) is 0 Å². The van der Waals surface area contributed by atoms with Crippen molar-refractivity contribution in [3.8, 4) is 5.75 Å². The summed E-state index contributed by atoms with van der Waals surface area (Å²) in [5.41, 5.74) is 0.647. The van der Waals surface area contributed by atoms with Crippen molar-refractivity contribution in [1.82, 2.24) is 0 Å². The molecule has 0 saturated heterocycles. The zero-order valence-electron chi connectivity index (χ0n) is 34.5. The van der Waals surface area contributed by atoms with E-state index in [0.29, 0.717) is 35.8 Å². The summed E-state index contributed by atoms with van der Waals surface area (Å²) in [6.45, 7) is 8.14. The number of carbonyl (C=O) groups is 3. The van der Waals surface area contributed by atoms with Crippen molar-refractivity contribution in [1.29, 1.82) is 0 Å². The van der Waals surface area contributed by atoms with E-state index in [1.54, 1.807) is 24.3 Å². The first-order chi connectivity index (χ1) is 26.4. The van der Waals surface area contributed by atoms with Crippen molar-refractivity contribution in [3.05, 3.63) is 41.4 Å². The fraction of sp³-hybridized carbons (Fsp3) is 0.761. The van der Waals surface area contributed by atoms with Crippen molar-refractivity contribution < 1.29 is 33.3 Å². The van der Waals surface area contributed by atoms with Gasteiger partial charge in [-0.15, -0.1) is 0 Å². The van der Waals surface area contributed by atoms with Gasteiger partial charge in [-0.3, -0.25) is 14.4 Å². The number of hydrogen-bond acceptors (Lipinski definition) is 7. The molecule has 1 rings (SSSR count). The minimum Gasteiger partial charge on any atom is -0.488 e. The van der Waals surface area contributed by atoms with Crippen LogP contribution in [0, 0.1) is 0 Å². The monoisotopic (exact) mass is 777 g/mol.